The van der Waals surface area contributed by atoms with Crippen LogP contribution in [0.1, 0.15) is 33.4 Å². The van der Waals surface area contributed by atoms with Gasteiger partial charge < -0.3 is 22.8 Å². The molecule has 0 aliphatic rings. The van der Waals surface area contributed by atoms with Crippen molar-refractivity contribution in [2.75, 3.05) is 0 Å². The number of benzene rings is 9. The summed E-state index contributed by atoms with van der Waals surface area (Å²) in [6, 6.07) is 82.5. The predicted octanol–water partition coefficient (Wildman–Crippen LogP) is 19.9. The number of pyridine rings is 4. The van der Waals surface area contributed by atoms with Gasteiger partial charge >= 0.3 is 0 Å². The Kier molecular flexibility index (Phi) is 10.9. The van der Waals surface area contributed by atoms with E-state index in [2.05, 4.69) is 277 Å². The molecule has 9 heterocycles. The molecule has 0 saturated heterocycles. The zero-order valence-corrected chi connectivity index (χ0v) is 50.0. The van der Waals surface area contributed by atoms with Gasteiger partial charge in [-0.15, -0.1) is 0 Å². The molecule has 0 N–H and O–H groups in total. The van der Waals surface area contributed by atoms with Crippen LogP contribution in [-0.2, 0) is 0 Å². The molecule has 89 heavy (non-hydrogen) atoms. The zero-order valence-electron chi connectivity index (χ0n) is 50.0. The van der Waals surface area contributed by atoms with Crippen molar-refractivity contribution in [2.45, 2.75) is 41.5 Å². The number of para-hydroxylation sites is 2. The molecule has 9 aromatic carbocycles. The quantitative estimate of drug-likeness (QED) is 0.159. The van der Waals surface area contributed by atoms with Gasteiger partial charge in [0.05, 0.1) is 83.6 Å². The van der Waals surface area contributed by atoms with Gasteiger partial charge in [-0.25, -0.2) is 9.97 Å². The number of aromatic nitrogens is 9. The summed E-state index contributed by atoms with van der Waals surface area (Å²) in [5, 5.41) is 7.05. The SMILES string of the molecule is Cc1ccc2c(c1)c1cc(C)ccc1n2-c1c(-c2ccc3c(n2)c2ncccc2n3-c2ccccc2)cc(-c2ccc3c(n2)c2ncccc2n3-c2ccccc2)c(-n2c3ccc(C)cc3c3cc(C)ccc32)c1-n1c2ccc(C)cc2c2cc(C)ccc21. The molecule has 0 atom stereocenters. The average molecular weight is 1140 g/mol. The van der Waals surface area contributed by atoms with Crippen molar-refractivity contribution in [1.29, 1.82) is 0 Å². The van der Waals surface area contributed by atoms with E-state index in [1.807, 2.05) is 24.5 Å². The molecular formula is C80H57N9. The molecule has 0 unspecified atom stereocenters. The first-order valence-electron chi connectivity index (χ1n) is 30.5. The third kappa shape index (κ3) is 7.48. The van der Waals surface area contributed by atoms with Gasteiger partial charge in [0.15, 0.2) is 0 Å². The van der Waals surface area contributed by atoms with E-state index in [0.29, 0.717) is 0 Å². The minimum atomic E-state index is 0.790. The van der Waals surface area contributed by atoms with Crippen molar-refractivity contribution in [2.24, 2.45) is 0 Å². The maximum absolute atomic E-state index is 5.98. The molecule has 0 saturated carbocycles. The molecule has 18 aromatic rings. The van der Waals surface area contributed by atoms with Crippen LogP contribution in [0.25, 0.3) is 161 Å². The van der Waals surface area contributed by atoms with Crippen molar-refractivity contribution in [1.82, 2.24) is 42.8 Å². The Morgan fingerprint density at radius 3 is 0.854 bits per heavy atom. The van der Waals surface area contributed by atoms with Crippen molar-refractivity contribution in [3.8, 4) is 51.0 Å². The highest BCUT2D eigenvalue weighted by Gasteiger charge is 2.33. The topological polar surface area (TPSA) is 76.2 Å². The largest absolute Gasteiger partial charge is 0.306 e. The van der Waals surface area contributed by atoms with Crippen LogP contribution in [0.3, 0.4) is 0 Å². The fourth-order valence-corrected chi connectivity index (χ4v) is 14.6. The van der Waals surface area contributed by atoms with Crippen LogP contribution >= 0.6 is 0 Å². The number of fused-ring (bicyclic) bond motifs is 15. The van der Waals surface area contributed by atoms with Crippen LogP contribution < -0.4 is 0 Å². The molecule has 9 heteroatoms. The maximum Gasteiger partial charge on any atom is 0.115 e. The molecule has 9 aromatic heterocycles. The number of rotatable bonds is 7. The fourth-order valence-electron chi connectivity index (χ4n) is 14.6. The molecule has 0 bridgehead atoms. The fraction of sp³-hybridized carbons (Fsp3) is 0.0750. The highest BCUT2D eigenvalue weighted by Crippen LogP contribution is 2.51. The number of hydrogen-bond acceptors (Lipinski definition) is 4. The minimum absolute atomic E-state index is 0.790. The lowest BCUT2D eigenvalue weighted by molar-refractivity contribution is 1.05. The summed E-state index contributed by atoms with van der Waals surface area (Å²) < 4.78 is 12.3. The Bertz CT molecular complexity index is 5570. The lowest BCUT2D eigenvalue weighted by atomic mass is 9.96. The van der Waals surface area contributed by atoms with Gasteiger partial charge in [0, 0.05) is 67.2 Å². The van der Waals surface area contributed by atoms with Crippen LogP contribution in [0, 0.1) is 41.5 Å². The van der Waals surface area contributed by atoms with Crippen molar-refractivity contribution in [3.63, 3.8) is 0 Å². The van der Waals surface area contributed by atoms with Crippen molar-refractivity contribution in [3.05, 3.63) is 270 Å². The smallest absolute Gasteiger partial charge is 0.115 e. The summed E-state index contributed by atoms with van der Waals surface area (Å²) in [7, 11) is 0. The number of nitrogens with zero attached hydrogens (tertiary/aromatic N) is 9. The van der Waals surface area contributed by atoms with E-state index in [0.717, 1.165) is 128 Å². The van der Waals surface area contributed by atoms with Crippen molar-refractivity contribution >= 4 is 110 Å². The lowest BCUT2D eigenvalue weighted by Gasteiger charge is -2.27. The molecule has 0 amide bonds. The van der Waals surface area contributed by atoms with Gasteiger partial charge in [0.25, 0.3) is 0 Å². The molecule has 0 aliphatic carbocycles. The van der Waals surface area contributed by atoms with Gasteiger partial charge in [-0.1, -0.05) is 106 Å². The van der Waals surface area contributed by atoms with E-state index in [-0.39, 0.29) is 0 Å². The molecule has 0 aliphatic heterocycles. The first-order valence-corrected chi connectivity index (χ1v) is 30.5. The standard InChI is InChI=1S/C80H57N9/c1-46-21-29-64-54(39-46)55-40-47(2)22-30-65(55)87(64)78-60(62-27-35-72-76(83-62)74-70(19-13-37-81-74)85(72)52-15-9-7-10-16-52)45-61(63-28-36-73-77(84-63)75-71(20-14-38-82-75)86(73)53-17-11-8-12-18-53)79(88-66-31-23-48(3)41-56(66)57-42-49(4)24-32-67(57)88)80(78)89-68-33-25-50(5)43-58(68)59-44-51(6)26-34-69(59)89/h7-45H,1-6H3. The van der Waals surface area contributed by atoms with E-state index in [4.69, 9.17) is 19.9 Å². The summed E-state index contributed by atoms with van der Waals surface area (Å²) in [5.41, 5.74) is 29.2. The molecule has 0 fully saturated rings. The second kappa shape index (κ2) is 19.0. The summed E-state index contributed by atoms with van der Waals surface area (Å²) in [6.07, 6.45) is 3.77. The molecule has 9 nitrogen and oxygen atoms in total. The van der Waals surface area contributed by atoms with E-state index in [1.54, 1.807) is 0 Å². The third-order valence-corrected chi connectivity index (χ3v) is 18.5. The molecular weight excluding hydrogens is 1090 g/mol. The van der Waals surface area contributed by atoms with Crippen LogP contribution in [0.15, 0.2) is 237 Å². The summed E-state index contributed by atoms with van der Waals surface area (Å²) in [6.45, 7) is 13.2. The van der Waals surface area contributed by atoms with E-state index in [1.165, 1.54) is 65.7 Å². The second-order valence-electron chi connectivity index (χ2n) is 24.4. The first-order chi connectivity index (χ1) is 43.6. The highest BCUT2D eigenvalue weighted by atomic mass is 15.1. The van der Waals surface area contributed by atoms with Crippen LogP contribution in [-0.4, -0.2) is 42.8 Å². The van der Waals surface area contributed by atoms with Crippen LogP contribution in [0.2, 0.25) is 0 Å². The second-order valence-corrected chi connectivity index (χ2v) is 24.4. The van der Waals surface area contributed by atoms with Gasteiger partial charge in [-0.3, -0.25) is 9.97 Å². The average Bonchev–Trinajstić information content (AvgIpc) is 1.61. The Labute approximate surface area is 512 Å². The molecule has 18 rings (SSSR count). The molecule has 422 valence electrons. The summed E-state index contributed by atoms with van der Waals surface area (Å²) >= 11 is 0. The van der Waals surface area contributed by atoms with Gasteiger partial charge in [0.1, 0.15) is 22.1 Å². The Balaban J connectivity index is 1.12. The first kappa shape index (κ1) is 50.9. The van der Waals surface area contributed by atoms with Gasteiger partial charge in [-0.2, -0.15) is 0 Å². The van der Waals surface area contributed by atoms with E-state index < -0.39 is 0 Å². The van der Waals surface area contributed by atoms with E-state index in [9.17, 15) is 0 Å². The third-order valence-electron chi connectivity index (χ3n) is 18.5. The molecule has 0 spiro atoms. The monoisotopic (exact) mass is 1140 g/mol. The lowest BCUT2D eigenvalue weighted by Crippen LogP contribution is -2.13. The zero-order chi connectivity index (χ0) is 59.5. The minimum Gasteiger partial charge on any atom is -0.306 e. The maximum atomic E-state index is 5.98. The van der Waals surface area contributed by atoms with Gasteiger partial charge in [0.2, 0.25) is 0 Å². The van der Waals surface area contributed by atoms with E-state index >= 15 is 0 Å². The van der Waals surface area contributed by atoms with Crippen LogP contribution in [0.4, 0.5) is 0 Å². The summed E-state index contributed by atoms with van der Waals surface area (Å²) in [5.74, 6) is 0. The van der Waals surface area contributed by atoms with Gasteiger partial charge in [-0.05, 0) is 193 Å². The van der Waals surface area contributed by atoms with Crippen LogP contribution in [0.5, 0.6) is 0 Å². The number of aryl methyl sites for hydroxylation is 6. The van der Waals surface area contributed by atoms with Crippen molar-refractivity contribution < 1.29 is 0 Å². The Hall–Kier alpha value is -11.4. The predicted molar refractivity (Wildman–Crippen MR) is 369 cm³/mol. The normalized spacial score (nSPS) is 12.2. The summed E-state index contributed by atoms with van der Waals surface area (Å²) in [4.78, 5) is 22.3. The Morgan fingerprint density at radius 1 is 0.236 bits per heavy atom. The highest BCUT2D eigenvalue weighted by molar-refractivity contribution is 6.17. The Morgan fingerprint density at radius 2 is 0.528 bits per heavy atom. The number of hydrogen-bond donors (Lipinski definition) is 0. The molecule has 0 radical (unpaired) electrons.